The maximum absolute atomic E-state index is 4.51. The standard InChI is InChI=1S/C19H34N2/c1-4-6-7-8-9-10-11-13-15(3)19-18-16(12-5-2)17(18)14-20-21-19/h14-18H,4-13H2,1-3H3. The van der Waals surface area contributed by atoms with Gasteiger partial charge >= 0.3 is 0 Å². The zero-order valence-corrected chi connectivity index (χ0v) is 14.4. The summed E-state index contributed by atoms with van der Waals surface area (Å²) in [7, 11) is 0. The van der Waals surface area contributed by atoms with E-state index < -0.39 is 0 Å². The Kier molecular flexibility index (Phi) is 6.92. The second-order valence-corrected chi connectivity index (χ2v) is 7.16. The molecule has 0 amide bonds. The molecular weight excluding hydrogens is 256 g/mol. The van der Waals surface area contributed by atoms with Crippen LogP contribution < -0.4 is 0 Å². The number of nitrogens with zero attached hydrogens (tertiary/aromatic N) is 2. The van der Waals surface area contributed by atoms with Crippen LogP contribution in [0.3, 0.4) is 0 Å². The molecular formula is C19H34N2. The Morgan fingerprint density at radius 3 is 2.43 bits per heavy atom. The lowest BCUT2D eigenvalue weighted by atomic mass is 9.93. The summed E-state index contributed by atoms with van der Waals surface area (Å²) in [5.41, 5.74) is 1.42. The third-order valence-electron chi connectivity index (χ3n) is 5.35. The molecule has 0 aromatic rings. The Labute approximate surface area is 131 Å². The molecule has 120 valence electrons. The van der Waals surface area contributed by atoms with E-state index in [1.165, 1.54) is 69.9 Å². The van der Waals surface area contributed by atoms with Crippen molar-refractivity contribution in [2.24, 2.45) is 33.9 Å². The quantitative estimate of drug-likeness (QED) is 0.425. The molecule has 2 nitrogen and oxygen atoms in total. The van der Waals surface area contributed by atoms with Crippen molar-refractivity contribution in [1.82, 2.24) is 0 Å². The van der Waals surface area contributed by atoms with E-state index in [0.717, 1.165) is 17.8 Å². The van der Waals surface area contributed by atoms with Gasteiger partial charge < -0.3 is 0 Å². The van der Waals surface area contributed by atoms with E-state index in [1.54, 1.807) is 0 Å². The summed E-state index contributed by atoms with van der Waals surface area (Å²) in [5.74, 6) is 2.99. The fourth-order valence-electron chi connectivity index (χ4n) is 3.95. The Bertz CT molecular complexity index is 359. The first kappa shape index (κ1) is 16.7. The van der Waals surface area contributed by atoms with Crippen LogP contribution in [0.1, 0.15) is 85.0 Å². The zero-order valence-electron chi connectivity index (χ0n) is 14.4. The van der Waals surface area contributed by atoms with Crippen LogP contribution in [-0.2, 0) is 0 Å². The van der Waals surface area contributed by atoms with Crippen molar-refractivity contribution in [3.8, 4) is 0 Å². The van der Waals surface area contributed by atoms with Gasteiger partial charge in [-0.1, -0.05) is 72.1 Å². The van der Waals surface area contributed by atoms with Crippen molar-refractivity contribution in [1.29, 1.82) is 0 Å². The SMILES string of the molecule is CCCCCCCCCC(C)C1=NN=CC2C(CCC)C12. The fraction of sp³-hybridized carbons (Fsp3) is 0.895. The Morgan fingerprint density at radius 2 is 1.71 bits per heavy atom. The molecule has 0 spiro atoms. The Hall–Kier alpha value is -0.660. The molecule has 0 aromatic heterocycles. The molecule has 1 saturated carbocycles. The van der Waals surface area contributed by atoms with E-state index >= 15 is 0 Å². The highest BCUT2D eigenvalue weighted by Crippen LogP contribution is 2.52. The summed E-state index contributed by atoms with van der Waals surface area (Å²) in [4.78, 5) is 0. The largest absolute Gasteiger partial charge is 0.163 e. The maximum Gasteiger partial charge on any atom is 0.0474 e. The number of hydrogen-bond acceptors (Lipinski definition) is 2. The van der Waals surface area contributed by atoms with E-state index in [-0.39, 0.29) is 0 Å². The van der Waals surface area contributed by atoms with Crippen LogP contribution in [0.4, 0.5) is 0 Å². The van der Waals surface area contributed by atoms with Crippen molar-refractivity contribution in [2.75, 3.05) is 0 Å². The topological polar surface area (TPSA) is 24.7 Å². The maximum atomic E-state index is 4.51. The van der Waals surface area contributed by atoms with Gasteiger partial charge in [0.15, 0.2) is 0 Å². The molecule has 2 rings (SSSR count). The summed E-state index contributed by atoms with van der Waals surface area (Å²) in [6, 6.07) is 0. The molecule has 0 radical (unpaired) electrons. The van der Waals surface area contributed by atoms with Gasteiger partial charge in [-0.2, -0.15) is 10.2 Å². The highest BCUT2D eigenvalue weighted by Gasteiger charge is 2.53. The van der Waals surface area contributed by atoms with E-state index in [2.05, 4.69) is 37.2 Å². The fourth-order valence-corrected chi connectivity index (χ4v) is 3.95. The Balaban J connectivity index is 1.63. The first-order valence-corrected chi connectivity index (χ1v) is 9.40. The molecule has 4 atom stereocenters. The average Bonchev–Trinajstić information content (AvgIpc) is 3.20. The first-order valence-electron chi connectivity index (χ1n) is 9.40. The molecule has 1 heterocycles. The molecule has 1 aliphatic carbocycles. The molecule has 21 heavy (non-hydrogen) atoms. The highest BCUT2D eigenvalue weighted by atomic mass is 15.2. The van der Waals surface area contributed by atoms with Gasteiger partial charge in [-0.15, -0.1) is 0 Å². The van der Waals surface area contributed by atoms with Crippen LogP contribution in [-0.4, -0.2) is 11.9 Å². The number of unbranched alkanes of at least 4 members (excludes halogenated alkanes) is 6. The van der Waals surface area contributed by atoms with Gasteiger partial charge in [0.25, 0.3) is 0 Å². The van der Waals surface area contributed by atoms with Crippen LogP contribution in [0.25, 0.3) is 0 Å². The zero-order chi connectivity index (χ0) is 15.1. The van der Waals surface area contributed by atoms with Gasteiger partial charge in [-0.3, -0.25) is 0 Å². The van der Waals surface area contributed by atoms with Gasteiger partial charge in [-0.25, -0.2) is 0 Å². The van der Waals surface area contributed by atoms with Crippen molar-refractivity contribution in [2.45, 2.75) is 85.0 Å². The third kappa shape index (κ3) is 4.66. The second-order valence-electron chi connectivity index (χ2n) is 7.16. The predicted octanol–water partition coefficient (Wildman–Crippen LogP) is 5.87. The van der Waals surface area contributed by atoms with Gasteiger partial charge in [-0.05, 0) is 24.7 Å². The van der Waals surface area contributed by atoms with Crippen LogP contribution in [0.5, 0.6) is 0 Å². The van der Waals surface area contributed by atoms with Gasteiger partial charge in [0.1, 0.15) is 0 Å². The molecule has 0 bridgehead atoms. The number of hydrogen-bond donors (Lipinski definition) is 0. The lowest BCUT2D eigenvalue weighted by Gasteiger charge is -2.15. The average molecular weight is 290 g/mol. The molecule has 1 fully saturated rings. The summed E-state index contributed by atoms with van der Waals surface area (Å²) in [5, 5.41) is 8.79. The summed E-state index contributed by atoms with van der Waals surface area (Å²) in [6.45, 7) is 6.95. The summed E-state index contributed by atoms with van der Waals surface area (Å²) in [6.07, 6.45) is 15.9. The Morgan fingerprint density at radius 1 is 1.00 bits per heavy atom. The van der Waals surface area contributed by atoms with Gasteiger partial charge in [0, 0.05) is 23.8 Å². The molecule has 0 N–H and O–H groups in total. The molecule has 0 saturated heterocycles. The van der Waals surface area contributed by atoms with E-state index in [0.29, 0.717) is 5.92 Å². The minimum absolute atomic E-state index is 0.646. The van der Waals surface area contributed by atoms with Crippen molar-refractivity contribution >= 4 is 11.9 Å². The van der Waals surface area contributed by atoms with Gasteiger partial charge in [0.05, 0.1) is 0 Å². The lowest BCUT2D eigenvalue weighted by molar-refractivity contribution is 0.541. The molecule has 4 unspecified atom stereocenters. The van der Waals surface area contributed by atoms with Crippen molar-refractivity contribution < 1.29 is 0 Å². The van der Waals surface area contributed by atoms with E-state index in [4.69, 9.17) is 0 Å². The number of rotatable bonds is 11. The molecule has 2 aliphatic rings. The lowest BCUT2D eigenvalue weighted by Crippen LogP contribution is -2.17. The number of fused-ring (bicyclic) bond motifs is 1. The second kappa shape index (κ2) is 8.70. The summed E-state index contributed by atoms with van der Waals surface area (Å²) >= 11 is 0. The summed E-state index contributed by atoms with van der Waals surface area (Å²) < 4.78 is 0. The normalized spacial score (nSPS) is 28.1. The van der Waals surface area contributed by atoms with E-state index in [9.17, 15) is 0 Å². The van der Waals surface area contributed by atoms with Crippen LogP contribution in [0.2, 0.25) is 0 Å². The molecule has 0 aromatic carbocycles. The third-order valence-corrected chi connectivity index (χ3v) is 5.35. The van der Waals surface area contributed by atoms with Crippen molar-refractivity contribution in [3.05, 3.63) is 0 Å². The highest BCUT2D eigenvalue weighted by molar-refractivity contribution is 5.97. The van der Waals surface area contributed by atoms with E-state index in [1.807, 2.05) is 0 Å². The monoisotopic (exact) mass is 290 g/mol. The predicted molar refractivity (Wildman–Crippen MR) is 93.1 cm³/mol. The van der Waals surface area contributed by atoms with Crippen molar-refractivity contribution in [3.63, 3.8) is 0 Å². The minimum Gasteiger partial charge on any atom is -0.163 e. The van der Waals surface area contributed by atoms with Crippen LogP contribution in [0.15, 0.2) is 10.2 Å². The van der Waals surface area contributed by atoms with Gasteiger partial charge in [0.2, 0.25) is 0 Å². The molecule has 1 aliphatic heterocycles. The molecule has 2 heteroatoms. The minimum atomic E-state index is 0.646. The first-order chi connectivity index (χ1) is 10.3. The van der Waals surface area contributed by atoms with Crippen LogP contribution >= 0.6 is 0 Å². The van der Waals surface area contributed by atoms with Crippen LogP contribution in [0, 0.1) is 23.7 Å². The smallest absolute Gasteiger partial charge is 0.0474 e.